The highest BCUT2D eigenvalue weighted by Gasteiger charge is 2.10. The molecule has 0 unspecified atom stereocenters. The molecule has 0 amide bonds. The van der Waals surface area contributed by atoms with Gasteiger partial charge in [0.05, 0.1) is 7.11 Å². The van der Waals surface area contributed by atoms with Crippen LogP contribution < -0.4 is 10.2 Å². The van der Waals surface area contributed by atoms with Crippen molar-refractivity contribution in [1.82, 2.24) is 15.0 Å². The van der Waals surface area contributed by atoms with Crippen molar-refractivity contribution in [2.45, 2.75) is 19.3 Å². The molecule has 0 aliphatic carbocycles. The summed E-state index contributed by atoms with van der Waals surface area (Å²) in [7, 11) is 1.60. The van der Waals surface area contributed by atoms with Crippen molar-refractivity contribution in [3.8, 4) is 5.88 Å². The molecule has 2 heterocycles. The van der Waals surface area contributed by atoms with Crippen LogP contribution >= 0.6 is 0 Å². The fourth-order valence-corrected chi connectivity index (χ4v) is 1.66. The zero-order chi connectivity index (χ0) is 10.5. The molecule has 1 aromatic rings. The standard InChI is InChI=1S/C10H16N4O/c1-15-9-5-6-11-10(12-9)13-14-7-3-2-4-8-14/h5-6H,2-4,7-8H2,1H3,(H,11,12,13). The summed E-state index contributed by atoms with van der Waals surface area (Å²) in [6.07, 6.45) is 5.48. The zero-order valence-corrected chi connectivity index (χ0v) is 8.94. The SMILES string of the molecule is COc1ccnc(NN2CCCCC2)n1. The first-order valence-electron chi connectivity index (χ1n) is 5.27. The van der Waals surface area contributed by atoms with Gasteiger partial charge in [-0.2, -0.15) is 4.98 Å². The van der Waals surface area contributed by atoms with Crippen LogP contribution in [0.15, 0.2) is 12.3 Å². The van der Waals surface area contributed by atoms with E-state index in [9.17, 15) is 0 Å². The minimum absolute atomic E-state index is 0.588. The molecular weight excluding hydrogens is 192 g/mol. The van der Waals surface area contributed by atoms with E-state index in [1.165, 1.54) is 19.3 Å². The summed E-state index contributed by atoms with van der Waals surface area (Å²) in [4.78, 5) is 8.34. The average molecular weight is 208 g/mol. The fourth-order valence-electron chi connectivity index (χ4n) is 1.66. The van der Waals surface area contributed by atoms with Gasteiger partial charge in [0.15, 0.2) is 0 Å². The number of rotatable bonds is 3. The number of piperidine rings is 1. The van der Waals surface area contributed by atoms with Crippen molar-refractivity contribution in [2.24, 2.45) is 0 Å². The van der Waals surface area contributed by atoms with Gasteiger partial charge in [-0.1, -0.05) is 6.42 Å². The molecular formula is C10H16N4O. The van der Waals surface area contributed by atoms with E-state index in [2.05, 4.69) is 20.4 Å². The second-order valence-electron chi connectivity index (χ2n) is 3.58. The number of nitrogens with one attached hydrogen (secondary N) is 1. The van der Waals surface area contributed by atoms with E-state index in [4.69, 9.17) is 4.74 Å². The van der Waals surface area contributed by atoms with Gasteiger partial charge in [-0.3, -0.25) is 5.43 Å². The van der Waals surface area contributed by atoms with Gasteiger partial charge in [0.1, 0.15) is 0 Å². The maximum Gasteiger partial charge on any atom is 0.240 e. The summed E-state index contributed by atoms with van der Waals surface area (Å²) in [5.41, 5.74) is 3.19. The van der Waals surface area contributed by atoms with Crippen LogP contribution in [0.4, 0.5) is 5.95 Å². The molecule has 0 bridgehead atoms. The summed E-state index contributed by atoms with van der Waals surface area (Å²) in [6, 6.07) is 1.74. The number of hydrazine groups is 1. The Bertz CT molecular complexity index is 312. The highest BCUT2D eigenvalue weighted by molar-refractivity contribution is 5.26. The number of aromatic nitrogens is 2. The summed E-state index contributed by atoms with van der Waals surface area (Å²) < 4.78 is 5.03. The first-order chi connectivity index (χ1) is 7.38. The molecule has 1 N–H and O–H groups in total. The Hall–Kier alpha value is -1.36. The molecule has 15 heavy (non-hydrogen) atoms. The average Bonchev–Trinajstić information content (AvgIpc) is 2.31. The van der Waals surface area contributed by atoms with E-state index in [1.807, 2.05) is 0 Å². The molecule has 0 saturated carbocycles. The van der Waals surface area contributed by atoms with Crippen LogP contribution in [-0.4, -0.2) is 35.2 Å². The number of hydrogen-bond acceptors (Lipinski definition) is 5. The third kappa shape index (κ3) is 2.79. The Morgan fingerprint density at radius 3 is 2.87 bits per heavy atom. The van der Waals surface area contributed by atoms with Crippen LogP contribution in [0.3, 0.4) is 0 Å². The lowest BCUT2D eigenvalue weighted by molar-refractivity contribution is 0.270. The molecule has 2 rings (SSSR count). The summed E-state index contributed by atoms with van der Waals surface area (Å²) in [5.74, 6) is 1.20. The highest BCUT2D eigenvalue weighted by atomic mass is 16.5. The second-order valence-corrected chi connectivity index (χ2v) is 3.58. The fraction of sp³-hybridized carbons (Fsp3) is 0.600. The van der Waals surface area contributed by atoms with Crippen LogP contribution in [-0.2, 0) is 0 Å². The molecule has 5 nitrogen and oxygen atoms in total. The third-order valence-electron chi connectivity index (χ3n) is 2.45. The Balaban J connectivity index is 1.96. The van der Waals surface area contributed by atoms with Crippen LogP contribution in [0.2, 0.25) is 0 Å². The molecule has 5 heteroatoms. The molecule has 0 atom stereocenters. The summed E-state index contributed by atoms with van der Waals surface area (Å²) in [5, 5.41) is 2.15. The van der Waals surface area contributed by atoms with Gasteiger partial charge in [0, 0.05) is 25.4 Å². The lowest BCUT2D eigenvalue weighted by atomic mass is 10.2. The van der Waals surface area contributed by atoms with E-state index in [0.29, 0.717) is 11.8 Å². The lowest BCUT2D eigenvalue weighted by Gasteiger charge is -2.26. The number of anilines is 1. The molecule has 1 aliphatic heterocycles. The van der Waals surface area contributed by atoms with Crippen molar-refractivity contribution >= 4 is 5.95 Å². The number of hydrogen-bond donors (Lipinski definition) is 1. The molecule has 1 fully saturated rings. The van der Waals surface area contributed by atoms with Gasteiger partial charge in [0.25, 0.3) is 0 Å². The maximum absolute atomic E-state index is 5.03. The Labute approximate surface area is 89.4 Å². The molecule has 1 saturated heterocycles. The Kier molecular flexibility index (Phi) is 3.34. The van der Waals surface area contributed by atoms with Gasteiger partial charge in [-0.15, -0.1) is 0 Å². The van der Waals surface area contributed by atoms with Crippen LogP contribution in [0.1, 0.15) is 19.3 Å². The predicted molar refractivity (Wildman–Crippen MR) is 57.6 cm³/mol. The molecule has 1 aromatic heterocycles. The second kappa shape index (κ2) is 4.93. The lowest BCUT2D eigenvalue weighted by Crippen LogP contribution is -2.35. The Morgan fingerprint density at radius 2 is 2.13 bits per heavy atom. The first-order valence-corrected chi connectivity index (χ1v) is 5.27. The minimum atomic E-state index is 0.588. The van der Waals surface area contributed by atoms with Crippen molar-refractivity contribution < 1.29 is 4.74 Å². The zero-order valence-electron chi connectivity index (χ0n) is 8.94. The predicted octanol–water partition coefficient (Wildman–Crippen LogP) is 1.30. The van der Waals surface area contributed by atoms with Crippen molar-refractivity contribution in [1.29, 1.82) is 0 Å². The topological polar surface area (TPSA) is 50.3 Å². The number of methoxy groups -OCH3 is 1. The smallest absolute Gasteiger partial charge is 0.240 e. The normalized spacial score (nSPS) is 17.4. The third-order valence-corrected chi connectivity index (χ3v) is 2.45. The van der Waals surface area contributed by atoms with E-state index >= 15 is 0 Å². The van der Waals surface area contributed by atoms with Gasteiger partial charge in [-0.25, -0.2) is 9.99 Å². The van der Waals surface area contributed by atoms with Gasteiger partial charge in [-0.05, 0) is 12.8 Å². The minimum Gasteiger partial charge on any atom is -0.481 e. The Morgan fingerprint density at radius 1 is 1.33 bits per heavy atom. The largest absolute Gasteiger partial charge is 0.481 e. The van der Waals surface area contributed by atoms with Crippen molar-refractivity contribution in [2.75, 3.05) is 25.6 Å². The van der Waals surface area contributed by atoms with Crippen molar-refractivity contribution in [3.05, 3.63) is 12.3 Å². The summed E-state index contributed by atoms with van der Waals surface area (Å²) >= 11 is 0. The van der Waals surface area contributed by atoms with Gasteiger partial charge < -0.3 is 4.74 Å². The van der Waals surface area contributed by atoms with E-state index in [1.54, 1.807) is 19.4 Å². The summed E-state index contributed by atoms with van der Waals surface area (Å²) in [6.45, 7) is 2.11. The quantitative estimate of drug-likeness (QED) is 0.811. The number of ether oxygens (including phenoxy) is 1. The highest BCUT2D eigenvalue weighted by Crippen LogP contribution is 2.11. The maximum atomic E-state index is 5.03. The molecule has 0 aromatic carbocycles. The van der Waals surface area contributed by atoms with Gasteiger partial charge >= 0.3 is 0 Å². The molecule has 0 radical (unpaired) electrons. The van der Waals surface area contributed by atoms with Crippen molar-refractivity contribution in [3.63, 3.8) is 0 Å². The molecule has 82 valence electrons. The first kappa shape index (κ1) is 10.2. The molecule has 0 spiro atoms. The van der Waals surface area contributed by atoms with E-state index in [0.717, 1.165) is 13.1 Å². The van der Waals surface area contributed by atoms with Crippen LogP contribution in [0.5, 0.6) is 5.88 Å². The molecule has 1 aliphatic rings. The van der Waals surface area contributed by atoms with E-state index < -0.39 is 0 Å². The van der Waals surface area contributed by atoms with Gasteiger partial charge in [0.2, 0.25) is 11.8 Å². The monoisotopic (exact) mass is 208 g/mol. The van der Waals surface area contributed by atoms with Crippen LogP contribution in [0, 0.1) is 0 Å². The number of nitrogens with zero attached hydrogens (tertiary/aromatic N) is 3. The van der Waals surface area contributed by atoms with Crippen LogP contribution in [0.25, 0.3) is 0 Å². The van der Waals surface area contributed by atoms with E-state index in [-0.39, 0.29) is 0 Å².